The van der Waals surface area contributed by atoms with Crippen LogP contribution >= 0.6 is 11.6 Å². The summed E-state index contributed by atoms with van der Waals surface area (Å²) in [6.45, 7) is 0. The summed E-state index contributed by atoms with van der Waals surface area (Å²) in [5, 5.41) is 0.717. The molecule has 0 aromatic heterocycles. The van der Waals surface area contributed by atoms with Crippen molar-refractivity contribution in [2.75, 3.05) is 0 Å². The number of ether oxygens (including phenoxy) is 1. The second-order valence-electron chi connectivity index (χ2n) is 3.09. The molecule has 0 bridgehead atoms. The van der Waals surface area contributed by atoms with Crippen molar-refractivity contribution in [3.05, 3.63) is 47.0 Å². The first-order valence-electron chi connectivity index (χ1n) is 4.34. The van der Waals surface area contributed by atoms with Gasteiger partial charge in [-0.3, -0.25) is 4.79 Å². The Labute approximate surface area is 87.1 Å². The minimum Gasteiger partial charge on any atom is -0.360 e. The zero-order valence-corrected chi connectivity index (χ0v) is 8.15. The third-order valence-electron chi connectivity index (χ3n) is 2.10. The smallest absolute Gasteiger partial charge is 0.142 e. The largest absolute Gasteiger partial charge is 0.360 e. The van der Waals surface area contributed by atoms with Gasteiger partial charge < -0.3 is 4.74 Å². The first kappa shape index (κ1) is 9.44. The van der Waals surface area contributed by atoms with Gasteiger partial charge in [0.2, 0.25) is 0 Å². The van der Waals surface area contributed by atoms with Gasteiger partial charge >= 0.3 is 0 Å². The molecule has 2 atom stereocenters. The van der Waals surface area contributed by atoms with Crippen molar-refractivity contribution in [2.24, 2.45) is 0 Å². The summed E-state index contributed by atoms with van der Waals surface area (Å²) in [5.41, 5.74) is 1.09. The van der Waals surface area contributed by atoms with E-state index in [4.69, 9.17) is 16.3 Å². The third kappa shape index (κ3) is 2.03. The molecule has 1 saturated heterocycles. The van der Waals surface area contributed by atoms with Gasteiger partial charge in [0.1, 0.15) is 18.5 Å². The number of hydrogen-bond donors (Lipinski definition) is 0. The number of carbonyl (C=O) groups excluding carboxylic acids is 1. The number of aldehydes is 1. The SMILES string of the molecule is O=C/C=C/[C@H]1O[C@H]1c1ccc(Cl)cc1. The average molecular weight is 209 g/mol. The number of halogens is 1. The van der Waals surface area contributed by atoms with E-state index < -0.39 is 0 Å². The summed E-state index contributed by atoms with van der Waals surface area (Å²) in [7, 11) is 0. The number of benzene rings is 1. The van der Waals surface area contributed by atoms with Crippen LogP contribution in [0, 0.1) is 0 Å². The Bertz CT molecular complexity index is 356. The highest BCUT2D eigenvalue weighted by atomic mass is 35.5. The van der Waals surface area contributed by atoms with Crippen LogP contribution in [0.5, 0.6) is 0 Å². The lowest BCUT2D eigenvalue weighted by molar-refractivity contribution is -0.104. The molecule has 1 fully saturated rings. The number of allylic oxidation sites excluding steroid dienone is 1. The predicted molar refractivity (Wildman–Crippen MR) is 54.3 cm³/mol. The molecule has 0 N–H and O–H groups in total. The lowest BCUT2D eigenvalue weighted by Crippen LogP contribution is -1.84. The summed E-state index contributed by atoms with van der Waals surface area (Å²) in [5.74, 6) is 0. The van der Waals surface area contributed by atoms with Gasteiger partial charge in [0, 0.05) is 5.02 Å². The van der Waals surface area contributed by atoms with Gasteiger partial charge in [0.05, 0.1) is 0 Å². The Hall–Kier alpha value is -1.12. The summed E-state index contributed by atoms with van der Waals surface area (Å²) in [4.78, 5) is 10.1. The van der Waals surface area contributed by atoms with Crippen molar-refractivity contribution < 1.29 is 9.53 Å². The molecule has 0 spiro atoms. The molecular formula is C11H9ClO2. The highest BCUT2D eigenvalue weighted by molar-refractivity contribution is 6.30. The summed E-state index contributed by atoms with van der Waals surface area (Å²) in [6.07, 6.45) is 4.10. The van der Waals surface area contributed by atoms with Gasteiger partial charge in [0.25, 0.3) is 0 Å². The molecule has 2 nitrogen and oxygen atoms in total. The van der Waals surface area contributed by atoms with E-state index in [9.17, 15) is 4.79 Å². The maximum absolute atomic E-state index is 10.1. The van der Waals surface area contributed by atoms with Crippen molar-refractivity contribution >= 4 is 17.9 Å². The van der Waals surface area contributed by atoms with Gasteiger partial charge in [-0.2, -0.15) is 0 Å². The highest BCUT2D eigenvalue weighted by Crippen LogP contribution is 2.39. The lowest BCUT2D eigenvalue weighted by atomic mass is 10.1. The first-order valence-corrected chi connectivity index (χ1v) is 4.72. The molecule has 14 heavy (non-hydrogen) atoms. The molecule has 1 aliphatic heterocycles. The van der Waals surface area contributed by atoms with Crippen LogP contribution in [0.3, 0.4) is 0 Å². The van der Waals surface area contributed by atoms with Gasteiger partial charge in [-0.15, -0.1) is 0 Å². The Balaban J connectivity index is 2.02. The van der Waals surface area contributed by atoms with E-state index >= 15 is 0 Å². The van der Waals surface area contributed by atoms with Crippen LogP contribution in [-0.4, -0.2) is 12.4 Å². The van der Waals surface area contributed by atoms with Crippen LogP contribution < -0.4 is 0 Å². The van der Waals surface area contributed by atoms with Crippen LogP contribution in [0.2, 0.25) is 5.02 Å². The number of epoxide rings is 1. The molecule has 0 saturated carbocycles. The van der Waals surface area contributed by atoms with E-state index in [1.54, 1.807) is 6.08 Å². The molecule has 3 heteroatoms. The average Bonchev–Trinajstić information content (AvgIpc) is 2.95. The molecule has 0 amide bonds. The molecular weight excluding hydrogens is 200 g/mol. The van der Waals surface area contributed by atoms with E-state index in [2.05, 4.69) is 0 Å². The van der Waals surface area contributed by atoms with Crippen molar-refractivity contribution in [1.82, 2.24) is 0 Å². The number of rotatable bonds is 3. The minimum atomic E-state index is 0.0429. The van der Waals surface area contributed by atoms with Crippen LogP contribution in [0.25, 0.3) is 0 Å². The van der Waals surface area contributed by atoms with E-state index in [1.807, 2.05) is 24.3 Å². The van der Waals surface area contributed by atoms with Crippen LogP contribution in [0.1, 0.15) is 11.7 Å². The standard InChI is InChI=1S/C11H9ClO2/c12-9-5-3-8(4-6-9)11-10(14-11)2-1-7-13/h1-7,10-11H/b2-1+/t10-,11+/m1/s1. The van der Waals surface area contributed by atoms with Crippen molar-refractivity contribution in [2.45, 2.75) is 12.2 Å². The first-order chi connectivity index (χ1) is 6.81. The monoisotopic (exact) mass is 208 g/mol. The van der Waals surface area contributed by atoms with Crippen molar-refractivity contribution in [3.8, 4) is 0 Å². The Morgan fingerprint density at radius 2 is 2.00 bits per heavy atom. The minimum absolute atomic E-state index is 0.0429. The lowest BCUT2D eigenvalue weighted by Gasteiger charge is -1.94. The van der Waals surface area contributed by atoms with Crippen LogP contribution in [0.4, 0.5) is 0 Å². The van der Waals surface area contributed by atoms with E-state index in [1.165, 1.54) is 6.08 Å². The van der Waals surface area contributed by atoms with Crippen LogP contribution in [-0.2, 0) is 9.53 Å². The summed E-state index contributed by atoms with van der Waals surface area (Å²) in [6, 6.07) is 7.53. The van der Waals surface area contributed by atoms with Gasteiger partial charge in [-0.25, -0.2) is 0 Å². The fourth-order valence-corrected chi connectivity index (χ4v) is 1.47. The van der Waals surface area contributed by atoms with Gasteiger partial charge in [-0.05, 0) is 29.8 Å². The zero-order chi connectivity index (χ0) is 9.97. The fraction of sp³-hybridized carbons (Fsp3) is 0.182. The second-order valence-corrected chi connectivity index (χ2v) is 3.53. The zero-order valence-electron chi connectivity index (χ0n) is 7.39. The molecule has 0 radical (unpaired) electrons. The third-order valence-corrected chi connectivity index (χ3v) is 2.36. The van der Waals surface area contributed by atoms with E-state index in [-0.39, 0.29) is 12.2 Å². The molecule has 0 unspecified atom stereocenters. The number of hydrogen-bond acceptors (Lipinski definition) is 2. The predicted octanol–water partition coefficient (Wildman–Crippen LogP) is 2.54. The molecule has 2 rings (SSSR count). The molecule has 1 heterocycles. The highest BCUT2D eigenvalue weighted by Gasteiger charge is 2.37. The molecule has 1 aliphatic rings. The second kappa shape index (κ2) is 3.95. The quantitative estimate of drug-likeness (QED) is 0.434. The van der Waals surface area contributed by atoms with Crippen LogP contribution in [0.15, 0.2) is 36.4 Å². The van der Waals surface area contributed by atoms with Crippen molar-refractivity contribution in [1.29, 1.82) is 0 Å². The topological polar surface area (TPSA) is 29.6 Å². The fourth-order valence-electron chi connectivity index (χ4n) is 1.35. The Morgan fingerprint density at radius 1 is 1.29 bits per heavy atom. The molecule has 1 aromatic carbocycles. The van der Waals surface area contributed by atoms with E-state index in [0.717, 1.165) is 16.9 Å². The van der Waals surface area contributed by atoms with E-state index in [0.29, 0.717) is 0 Å². The summed E-state index contributed by atoms with van der Waals surface area (Å²) < 4.78 is 5.36. The maximum atomic E-state index is 10.1. The summed E-state index contributed by atoms with van der Waals surface area (Å²) >= 11 is 5.76. The molecule has 1 aromatic rings. The van der Waals surface area contributed by atoms with Gasteiger partial charge in [0.15, 0.2) is 0 Å². The molecule has 72 valence electrons. The Morgan fingerprint density at radius 3 is 2.64 bits per heavy atom. The number of carbonyl (C=O) groups is 1. The maximum Gasteiger partial charge on any atom is 0.142 e. The van der Waals surface area contributed by atoms with Gasteiger partial charge in [-0.1, -0.05) is 23.7 Å². The molecule has 0 aliphatic carbocycles. The normalized spacial score (nSPS) is 25.2. The Kier molecular flexibility index (Phi) is 2.66. The van der Waals surface area contributed by atoms with Crippen molar-refractivity contribution in [3.63, 3.8) is 0 Å².